The second-order valence-electron chi connectivity index (χ2n) is 6.94. The molecule has 0 atom stereocenters. The predicted octanol–water partition coefficient (Wildman–Crippen LogP) is -0.439. The maximum atomic E-state index is 12.5. The second kappa shape index (κ2) is 10.8. The standard InChI is InChI=1S/C17H25N5O7/c1-17(2,3)29-16(28)22(12-4-5-13(24)20-19-12)8-6-14(25)21(10-15(26)27)9-7-18-11-23/h4-5,11H,6-10H2,1-3H3,(H,18,23)(H,20,24)(H,26,27). The van der Waals surface area contributed by atoms with E-state index in [4.69, 9.17) is 9.84 Å². The van der Waals surface area contributed by atoms with Gasteiger partial charge in [-0.15, -0.1) is 0 Å². The summed E-state index contributed by atoms with van der Waals surface area (Å²) < 4.78 is 5.31. The molecule has 1 rings (SSSR count). The van der Waals surface area contributed by atoms with Crippen molar-refractivity contribution in [2.45, 2.75) is 32.8 Å². The number of hydrogen-bond donors (Lipinski definition) is 3. The van der Waals surface area contributed by atoms with Gasteiger partial charge in [0, 0.05) is 32.1 Å². The topological polar surface area (TPSA) is 162 Å². The van der Waals surface area contributed by atoms with E-state index in [1.165, 1.54) is 12.1 Å². The van der Waals surface area contributed by atoms with E-state index in [0.717, 1.165) is 9.80 Å². The Morgan fingerprint density at radius 2 is 1.97 bits per heavy atom. The van der Waals surface area contributed by atoms with Crippen molar-refractivity contribution in [3.63, 3.8) is 0 Å². The van der Waals surface area contributed by atoms with Crippen LogP contribution in [-0.2, 0) is 19.1 Å². The highest BCUT2D eigenvalue weighted by molar-refractivity contribution is 5.88. The van der Waals surface area contributed by atoms with E-state index in [1.54, 1.807) is 20.8 Å². The van der Waals surface area contributed by atoms with Crippen LogP contribution in [0.4, 0.5) is 10.6 Å². The van der Waals surface area contributed by atoms with Gasteiger partial charge in [0.1, 0.15) is 12.1 Å². The summed E-state index contributed by atoms with van der Waals surface area (Å²) in [5.74, 6) is -1.69. The van der Waals surface area contributed by atoms with Gasteiger partial charge in [-0.2, -0.15) is 5.10 Å². The van der Waals surface area contributed by atoms with Crippen molar-refractivity contribution in [1.29, 1.82) is 0 Å². The number of nitrogens with zero attached hydrogens (tertiary/aromatic N) is 3. The zero-order valence-corrected chi connectivity index (χ0v) is 16.5. The Labute approximate surface area is 166 Å². The molecule has 0 saturated heterocycles. The molecule has 3 N–H and O–H groups in total. The monoisotopic (exact) mass is 411 g/mol. The van der Waals surface area contributed by atoms with Gasteiger partial charge in [0.2, 0.25) is 12.3 Å². The van der Waals surface area contributed by atoms with Crippen molar-refractivity contribution in [3.8, 4) is 0 Å². The molecule has 0 aromatic carbocycles. The molecule has 0 fully saturated rings. The number of H-pyrrole nitrogens is 1. The van der Waals surface area contributed by atoms with E-state index < -0.39 is 35.7 Å². The van der Waals surface area contributed by atoms with E-state index in [0.29, 0.717) is 6.41 Å². The average molecular weight is 411 g/mol. The molecule has 0 aliphatic carbocycles. The van der Waals surface area contributed by atoms with Crippen LogP contribution in [0.1, 0.15) is 27.2 Å². The van der Waals surface area contributed by atoms with Gasteiger partial charge in [0.05, 0.1) is 0 Å². The number of rotatable bonds is 10. The zero-order valence-electron chi connectivity index (χ0n) is 16.5. The average Bonchev–Trinajstić information content (AvgIpc) is 2.60. The maximum Gasteiger partial charge on any atom is 0.416 e. The molecular formula is C17H25N5O7. The minimum atomic E-state index is -1.21. The third-order valence-corrected chi connectivity index (χ3v) is 3.39. The molecule has 3 amide bonds. The van der Waals surface area contributed by atoms with Gasteiger partial charge in [-0.3, -0.25) is 24.1 Å². The summed E-state index contributed by atoms with van der Waals surface area (Å²) in [7, 11) is 0. The van der Waals surface area contributed by atoms with Crippen molar-refractivity contribution in [1.82, 2.24) is 20.4 Å². The Hall–Kier alpha value is -3.44. The second-order valence-corrected chi connectivity index (χ2v) is 6.94. The van der Waals surface area contributed by atoms with Crippen LogP contribution in [-0.4, -0.2) is 76.4 Å². The number of aromatic nitrogens is 2. The summed E-state index contributed by atoms with van der Waals surface area (Å²) in [4.78, 5) is 59.7. The molecule has 0 radical (unpaired) electrons. The van der Waals surface area contributed by atoms with Crippen LogP contribution in [0.25, 0.3) is 0 Å². The number of carbonyl (C=O) groups excluding carboxylic acids is 3. The molecule has 0 saturated carbocycles. The number of carboxylic acids is 1. The fraction of sp³-hybridized carbons (Fsp3) is 0.529. The van der Waals surface area contributed by atoms with E-state index in [9.17, 15) is 24.0 Å². The Morgan fingerprint density at radius 3 is 2.48 bits per heavy atom. The molecular weight excluding hydrogens is 386 g/mol. The van der Waals surface area contributed by atoms with E-state index in [1.807, 2.05) is 0 Å². The van der Waals surface area contributed by atoms with Gasteiger partial charge in [0.25, 0.3) is 5.56 Å². The number of carbonyl (C=O) groups is 4. The Balaban J connectivity index is 2.93. The first-order valence-corrected chi connectivity index (χ1v) is 8.76. The Bertz CT molecular complexity index is 767. The zero-order chi connectivity index (χ0) is 22.0. The van der Waals surface area contributed by atoms with Crippen LogP contribution >= 0.6 is 0 Å². The van der Waals surface area contributed by atoms with Gasteiger partial charge >= 0.3 is 12.1 Å². The first kappa shape index (κ1) is 23.6. The smallest absolute Gasteiger partial charge is 0.416 e. The third-order valence-electron chi connectivity index (χ3n) is 3.39. The minimum Gasteiger partial charge on any atom is -0.480 e. The first-order chi connectivity index (χ1) is 13.5. The highest BCUT2D eigenvalue weighted by Crippen LogP contribution is 2.15. The molecule has 0 unspecified atom stereocenters. The van der Waals surface area contributed by atoms with E-state index in [2.05, 4.69) is 15.5 Å². The number of ether oxygens (including phenoxy) is 1. The molecule has 1 heterocycles. The van der Waals surface area contributed by atoms with Crippen LogP contribution in [0, 0.1) is 0 Å². The lowest BCUT2D eigenvalue weighted by Crippen LogP contribution is -2.43. The predicted molar refractivity (Wildman–Crippen MR) is 101 cm³/mol. The Morgan fingerprint density at radius 1 is 1.28 bits per heavy atom. The van der Waals surface area contributed by atoms with Crippen molar-refractivity contribution >= 4 is 30.2 Å². The van der Waals surface area contributed by atoms with Crippen LogP contribution < -0.4 is 15.8 Å². The molecule has 0 aliphatic heterocycles. The lowest BCUT2D eigenvalue weighted by molar-refractivity contribution is -0.144. The summed E-state index contributed by atoms with van der Waals surface area (Å²) in [6, 6.07) is 2.47. The largest absolute Gasteiger partial charge is 0.480 e. The fourth-order valence-electron chi connectivity index (χ4n) is 2.18. The lowest BCUT2D eigenvalue weighted by atomic mass is 10.2. The molecule has 0 spiro atoms. The maximum absolute atomic E-state index is 12.5. The molecule has 160 valence electrons. The molecule has 1 aromatic heterocycles. The van der Waals surface area contributed by atoms with E-state index in [-0.39, 0.29) is 31.9 Å². The molecule has 1 aromatic rings. The summed E-state index contributed by atoms with van der Waals surface area (Å²) in [6.45, 7) is 4.37. The molecule has 0 bridgehead atoms. The highest BCUT2D eigenvalue weighted by atomic mass is 16.6. The van der Waals surface area contributed by atoms with Gasteiger partial charge < -0.3 is 20.1 Å². The number of carboxylic acid groups (broad SMARTS) is 1. The number of nitrogens with one attached hydrogen (secondary N) is 2. The molecule has 29 heavy (non-hydrogen) atoms. The SMILES string of the molecule is CC(C)(C)OC(=O)N(CCC(=O)N(CCNC=O)CC(=O)O)c1ccc(=O)[nH]n1. The highest BCUT2D eigenvalue weighted by Gasteiger charge is 2.26. The summed E-state index contributed by atoms with van der Waals surface area (Å²) in [5, 5.41) is 17.3. The van der Waals surface area contributed by atoms with Gasteiger partial charge in [-0.1, -0.05) is 0 Å². The first-order valence-electron chi connectivity index (χ1n) is 8.76. The fourth-order valence-corrected chi connectivity index (χ4v) is 2.18. The molecule has 0 aliphatic rings. The van der Waals surface area contributed by atoms with Gasteiger partial charge in [-0.25, -0.2) is 9.89 Å². The van der Waals surface area contributed by atoms with Crippen LogP contribution in [0.15, 0.2) is 16.9 Å². The van der Waals surface area contributed by atoms with Crippen molar-refractivity contribution < 1.29 is 29.0 Å². The molecule has 12 heteroatoms. The van der Waals surface area contributed by atoms with Crippen LogP contribution in [0.3, 0.4) is 0 Å². The van der Waals surface area contributed by atoms with E-state index >= 15 is 0 Å². The van der Waals surface area contributed by atoms with Gasteiger partial charge in [0.15, 0.2) is 5.82 Å². The van der Waals surface area contributed by atoms with Crippen molar-refractivity contribution in [2.24, 2.45) is 0 Å². The van der Waals surface area contributed by atoms with Crippen LogP contribution in [0.5, 0.6) is 0 Å². The van der Waals surface area contributed by atoms with Crippen LogP contribution in [0.2, 0.25) is 0 Å². The third kappa shape index (κ3) is 8.86. The quantitative estimate of drug-likeness (QED) is 0.345. The number of aliphatic carboxylic acids is 1. The number of hydrogen-bond acceptors (Lipinski definition) is 7. The summed E-state index contributed by atoms with van der Waals surface area (Å²) in [5.41, 5.74) is -1.28. The summed E-state index contributed by atoms with van der Waals surface area (Å²) >= 11 is 0. The number of aromatic amines is 1. The normalized spacial score (nSPS) is 10.7. The summed E-state index contributed by atoms with van der Waals surface area (Å²) in [6.07, 6.45) is -0.568. The van der Waals surface area contributed by atoms with Gasteiger partial charge in [-0.05, 0) is 26.8 Å². The number of amides is 3. The lowest BCUT2D eigenvalue weighted by Gasteiger charge is -2.27. The minimum absolute atomic E-state index is 0.00673. The Kier molecular flexibility index (Phi) is 8.77. The molecule has 12 nitrogen and oxygen atoms in total. The van der Waals surface area contributed by atoms with Crippen molar-refractivity contribution in [2.75, 3.05) is 31.1 Å². The number of anilines is 1. The van der Waals surface area contributed by atoms with Crippen molar-refractivity contribution in [3.05, 3.63) is 22.5 Å².